The molecule has 0 aliphatic carbocycles. The van der Waals surface area contributed by atoms with Crippen LogP contribution in [0.3, 0.4) is 0 Å². The topological polar surface area (TPSA) is 54.5 Å². The van der Waals surface area contributed by atoms with Gasteiger partial charge >= 0.3 is 5.97 Å². The van der Waals surface area contributed by atoms with Crippen molar-refractivity contribution in [2.45, 2.75) is 39.3 Å². The Morgan fingerprint density at radius 3 is 3.10 bits per heavy atom. The number of carbonyl (C=O) groups excluding carboxylic acids is 1. The lowest BCUT2D eigenvalue weighted by molar-refractivity contribution is 0.0378. The third kappa shape index (κ3) is 3.48. The fraction of sp³-hybridized carbons (Fsp3) is 0.600. The standard InChI is InChI=1S/C15H23N3O2/c1-4-16-12-7-9-18(10-12)14-13(6-5-8-17-14)15(19)20-11(2)3/h5-6,8,11-12,16H,4,7,9-10H2,1-3H3. The zero-order valence-corrected chi connectivity index (χ0v) is 12.4. The minimum Gasteiger partial charge on any atom is -0.459 e. The van der Waals surface area contributed by atoms with Gasteiger partial charge in [0.25, 0.3) is 0 Å². The summed E-state index contributed by atoms with van der Waals surface area (Å²) in [7, 11) is 0. The molecule has 1 atom stereocenters. The van der Waals surface area contributed by atoms with Crippen molar-refractivity contribution >= 4 is 11.8 Å². The minimum atomic E-state index is -0.296. The van der Waals surface area contributed by atoms with Crippen molar-refractivity contribution in [2.75, 3.05) is 24.5 Å². The molecule has 0 bridgehead atoms. The maximum atomic E-state index is 12.1. The van der Waals surface area contributed by atoms with Gasteiger partial charge in [-0.15, -0.1) is 0 Å². The highest BCUT2D eigenvalue weighted by Crippen LogP contribution is 2.23. The zero-order valence-electron chi connectivity index (χ0n) is 12.4. The van der Waals surface area contributed by atoms with Crippen molar-refractivity contribution in [3.63, 3.8) is 0 Å². The number of anilines is 1. The molecule has 0 saturated carbocycles. The Balaban J connectivity index is 2.14. The fourth-order valence-corrected chi connectivity index (χ4v) is 2.49. The van der Waals surface area contributed by atoms with Crippen molar-refractivity contribution < 1.29 is 9.53 Å². The maximum absolute atomic E-state index is 12.1. The van der Waals surface area contributed by atoms with Gasteiger partial charge in [-0.2, -0.15) is 0 Å². The molecule has 0 spiro atoms. The summed E-state index contributed by atoms with van der Waals surface area (Å²) in [6, 6.07) is 4.03. The lowest BCUT2D eigenvalue weighted by Crippen LogP contribution is -2.33. The molecule has 1 unspecified atom stereocenters. The van der Waals surface area contributed by atoms with Crippen molar-refractivity contribution in [1.82, 2.24) is 10.3 Å². The number of likely N-dealkylation sites (N-methyl/N-ethyl adjacent to an activating group) is 1. The van der Waals surface area contributed by atoms with E-state index < -0.39 is 0 Å². The molecular weight excluding hydrogens is 254 g/mol. The second-order valence-electron chi connectivity index (χ2n) is 5.32. The molecule has 1 aliphatic rings. The highest BCUT2D eigenvalue weighted by Gasteiger charge is 2.26. The van der Waals surface area contributed by atoms with E-state index in [0.717, 1.165) is 31.9 Å². The van der Waals surface area contributed by atoms with Gasteiger partial charge in [-0.05, 0) is 38.9 Å². The van der Waals surface area contributed by atoms with Gasteiger partial charge in [-0.3, -0.25) is 0 Å². The van der Waals surface area contributed by atoms with Crippen LogP contribution in [0.15, 0.2) is 18.3 Å². The van der Waals surface area contributed by atoms with Crippen LogP contribution >= 0.6 is 0 Å². The third-order valence-electron chi connectivity index (χ3n) is 3.33. The molecule has 1 fully saturated rings. The molecule has 0 amide bonds. The van der Waals surface area contributed by atoms with Crippen LogP contribution in [0.2, 0.25) is 0 Å². The Kier molecular flexibility index (Phi) is 4.95. The van der Waals surface area contributed by atoms with E-state index in [1.165, 1.54) is 0 Å². The van der Waals surface area contributed by atoms with E-state index in [9.17, 15) is 4.79 Å². The average Bonchev–Trinajstić information content (AvgIpc) is 2.87. The van der Waals surface area contributed by atoms with Crippen LogP contribution in [0.5, 0.6) is 0 Å². The quantitative estimate of drug-likeness (QED) is 0.832. The SMILES string of the molecule is CCNC1CCN(c2ncccc2C(=O)OC(C)C)C1. The van der Waals surface area contributed by atoms with Crippen LogP contribution in [-0.4, -0.2) is 42.7 Å². The van der Waals surface area contributed by atoms with Crippen LogP contribution in [0.25, 0.3) is 0 Å². The molecule has 1 N–H and O–H groups in total. The van der Waals surface area contributed by atoms with Crippen LogP contribution in [0, 0.1) is 0 Å². The van der Waals surface area contributed by atoms with Crippen molar-refractivity contribution in [1.29, 1.82) is 0 Å². The highest BCUT2D eigenvalue weighted by atomic mass is 16.5. The van der Waals surface area contributed by atoms with Gasteiger partial charge in [0.05, 0.1) is 6.10 Å². The molecule has 0 aromatic carbocycles. The summed E-state index contributed by atoms with van der Waals surface area (Å²) in [5.41, 5.74) is 0.554. The number of ether oxygens (including phenoxy) is 1. The number of nitrogens with one attached hydrogen (secondary N) is 1. The second-order valence-corrected chi connectivity index (χ2v) is 5.32. The summed E-state index contributed by atoms with van der Waals surface area (Å²) in [5, 5.41) is 3.44. The monoisotopic (exact) mass is 277 g/mol. The van der Waals surface area contributed by atoms with Gasteiger partial charge < -0.3 is 15.0 Å². The summed E-state index contributed by atoms with van der Waals surface area (Å²) in [4.78, 5) is 18.7. The lowest BCUT2D eigenvalue weighted by atomic mass is 10.2. The third-order valence-corrected chi connectivity index (χ3v) is 3.33. The number of nitrogens with zero attached hydrogens (tertiary/aromatic N) is 2. The van der Waals surface area contributed by atoms with Crippen molar-refractivity contribution in [3.05, 3.63) is 23.9 Å². The van der Waals surface area contributed by atoms with E-state index in [1.54, 1.807) is 18.3 Å². The molecular formula is C15H23N3O2. The largest absolute Gasteiger partial charge is 0.459 e. The summed E-state index contributed by atoms with van der Waals surface area (Å²) in [6.07, 6.45) is 2.68. The van der Waals surface area contributed by atoms with Gasteiger partial charge in [0, 0.05) is 25.3 Å². The highest BCUT2D eigenvalue weighted by molar-refractivity contribution is 5.94. The minimum absolute atomic E-state index is 0.122. The van der Waals surface area contributed by atoms with Crippen LogP contribution < -0.4 is 10.2 Å². The molecule has 1 aromatic rings. The van der Waals surface area contributed by atoms with Gasteiger partial charge in [0.2, 0.25) is 0 Å². The van der Waals surface area contributed by atoms with E-state index in [0.29, 0.717) is 11.6 Å². The zero-order chi connectivity index (χ0) is 14.5. The number of hydrogen-bond donors (Lipinski definition) is 1. The molecule has 110 valence electrons. The Morgan fingerprint density at radius 1 is 1.60 bits per heavy atom. The van der Waals surface area contributed by atoms with E-state index >= 15 is 0 Å². The van der Waals surface area contributed by atoms with Gasteiger partial charge in [0.1, 0.15) is 11.4 Å². The predicted molar refractivity (Wildman–Crippen MR) is 79.1 cm³/mol. The summed E-state index contributed by atoms with van der Waals surface area (Å²) in [6.45, 7) is 8.57. The first-order valence-electron chi connectivity index (χ1n) is 7.26. The van der Waals surface area contributed by atoms with Crippen molar-refractivity contribution in [3.8, 4) is 0 Å². The Hall–Kier alpha value is -1.62. The van der Waals surface area contributed by atoms with E-state index in [-0.39, 0.29) is 12.1 Å². The number of carbonyl (C=O) groups is 1. The molecule has 1 aromatic heterocycles. The van der Waals surface area contributed by atoms with E-state index in [2.05, 4.69) is 22.1 Å². The van der Waals surface area contributed by atoms with Gasteiger partial charge in [-0.25, -0.2) is 9.78 Å². The van der Waals surface area contributed by atoms with E-state index in [4.69, 9.17) is 4.74 Å². The number of hydrogen-bond acceptors (Lipinski definition) is 5. The molecule has 5 heteroatoms. The number of esters is 1. The summed E-state index contributed by atoms with van der Waals surface area (Å²) >= 11 is 0. The second kappa shape index (κ2) is 6.70. The summed E-state index contributed by atoms with van der Waals surface area (Å²) in [5.74, 6) is 0.438. The number of pyridine rings is 1. The smallest absolute Gasteiger partial charge is 0.342 e. The van der Waals surface area contributed by atoms with Crippen LogP contribution in [0.4, 0.5) is 5.82 Å². The van der Waals surface area contributed by atoms with Crippen molar-refractivity contribution in [2.24, 2.45) is 0 Å². The molecule has 2 heterocycles. The number of rotatable bonds is 5. The molecule has 1 aliphatic heterocycles. The van der Waals surface area contributed by atoms with Crippen LogP contribution in [-0.2, 0) is 4.74 Å². The van der Waals surface area contributed by atoms with E-state index in [1.807, 2.05) is 13.8 Å². The Bertz CT molecular complexity index is 462. The molecule has 1 saturated heterocycles. The van der Waals surface area contributed by atoms with Gasteiger partial charge in [0.15, 0.2) is 0 Å². The molecule has 5 nitrogen and oxygen atoms in total. The first-order chi connectivity index (χ1) is 9.61. The Morgan fingerprint density at radius 2 is 2.40 bits per heavy atom. The summed E-state index contributed by atoms with van der Waals surface area (Å²) < 4.78 is 5.29. The molecule has 2 rings (SSSR count). The Labute approximate surface area is 120 Å². The maximum Gasteiger partial charge on any atom is 0.342 e. The first-order valence-corrected chi connectivity index (χ1v) is 7.26. The van der Waals surface area contributed by atoms with Gasteiger partial charge in [-0.1, -0.05) is 6.92 Å². The lowest BCUT2D eigenvalue weighted by Gasteiger charge is -2.20. The predicted octanol–water partition coefficient (Wildman–Crippen LogP) is 1.83. The fourth-order valence-electron chi connectivity index (χ4n) is 2.49. The number of aromatic nitrogens is 1. The van der Waals surface area contributed by atoms with Crippen LogP contribution in [0.1, 0.15) is 37.6 Å². The average molecular weight is 277 g/mol. The first kappa shape index (κ1) is 14.8. The molecule has 0 radical (unpaired) electrons. The normalized spacial score (nSPS) is 18.6. The molecule has 20 heavy (non-hydrogen) atoms.